The molecular formula is C17H24N2O3S. The SMILES string of the molecule is COCCNC(=O)CCN1C(=O)[C@H](C)S[C@H]1c1ccccc1C. The van der Waals surface area contributed by atoms with Crippen molar-refractivity contribution in [2.24, 2.45) is 0 Å². The van der Waals surface area contributed by atoms with Crippen molar-refractivity contribution in [3.8, 4) is 0 Å². The third-order valence-electron chi connectivity index (χ3n) is 3.91. The number of benzene rings is 1. The fraction of sp³-hybridized carbons (Fsp3) is 0.529. The molecule has 2 rings (SSSR count). The van der Waals surface area contributed by atoms with E-state index in [-0.39, 0.29) is 22.4 Å². The summed E-state index contributed by atoms with van der Waals surface area (Å²) in [5.41, 5.74) is 2.32. The van der Waals surface area contributed by atoms with Gasteiger partial charge in [-0.25, -0.2) is 0 Å². The van der Waals surface area contributed by atoms with Crippen molar-refractivity contribution in [2.75, 3.05) is 26.8 Å². The first kappa shape index (κ1) is 17.8. The Labute approximate surface area is 141 Å². The lowest BCUT2D eigenvalue weighted by Crippen LogP contribution is -2.35. The van der Waals surface area contributed by atoms with Crippen molar-refractivity contribution in [1.29, 1.82) is 0 Å². The first-order valence-electron chi connectivity index (χ1n) is 7.81. The maximum atomic E-state index is 12.4. The van der Waals surface area contributed by atoms with Crippen molar-refractivity contribution in [3.63, 3.8) is 0 Å². The molecule has 1 fully saturated rings. The van der Waals surface area contributed by atoms with Crippen molar-refractivity contribution in [1.82, 2.24) is 10.2 Å². The van der Waals surface area contributed by atoms with Gasteiger partial charge in [0.05, 0.1) is 11.9 Å². The Balaban J connectivity index is 2.01. The molecule has 126 valence electrons. The zero-order valence-corrected chi connectivity index (χ0v) is 14.7. The van der Waals surface area contributed by atoms with Gasteiger partial charge in [-0.1, -0.05) is 24.3 Å². The molecule has 0 aliphatic carbocycles. The number of hydrogen-bond acceptors (Lipinski definition) is 4. The van der Waals surface area contributed by atoms with Gasteiger partial charge < -0.3 is 15.0 Å². The van der Waals surface area contributed by atoms with Gasteiger partial charge in [-0.15, -0.1) is 11.8 Å². The fourth-order valence-electron chi connectivity index (χ4n) is 2.61. The molecule has 0 bridgehead atoms. The first-order chi connectivity index (χ1) is 11.0. The summed E-state index contributed by atoms with van der Waals surface area (Å²) in [6.45, 7) is 5.41. The number of carbonyl (C=O) groups is 2. The number of hydrogen-bond donors (Lipinski definition) is 1. The van der Waals surface area contributed by atoms with Crippen LogP contribution in [0, 0.1) is 6.92 Å². The molecule has 1 saturated heterocycles. The molecule has 0 spiro atoms. The number of methoxy groups -OCH3 is 1. The number of amides is 2. The van der Waals surface area contributed by atoms with Crippen molar-refractivity contribution in [2.45, 2.75) is 30.9 Å². The molecule has 6 heteroatoms. The van der Waals surface area contributed by atoms with Crippen LogP contribution in [0.5, 0.6) is 0 Å². The maximum Gasteiger partial charge on any atom is 0.236 e. The predicted molar refractivity (Wildman–Crippen MR) is 92.2 cm³/mol. The van der Waals surface area contributed by atoms with E-state index >= 15 is 0 Å². The third kappa shape index (κ3) is 4.48. The second-order valence-corrected chi connectivity index (χ2v) is 7.04. The van der Waals surface area contributed by atoms with E-state index in [0.717, 1.165) is 5.56 Å². The van der Waals surface area contributed by atoms with E-state index in [0.29, 0.717) is 26.1 Å². The Hall–Kier alpha value is -1.53. The van der Waals surface area contributed by atoms with E-state index in [1.165, 1.54) is 5.56 Å². The molecule has 0 aromatic heterocycles. The lowest BCUT2D eigenvalue weighted by atomic mass is 10.1. The number of carbonyl (C=O) groups excluding carboxylic acids is 2. The third-order valence-corrected chi connectivity index (χ3v) is 5.29. The number of aryl methyl sites for hydroxylation is 1. The van der Waals surface area contributed by atoms with Gasteiger partial charge in [0.2, 0.25) is 11.8 Å². The number of nitrogens with zero attached hydrogens (tertiary/aromatic N) is 1. The van der Waals surface area contributed by atoms with E-state index in [2.05, 4.69) is 24.4 Å². The summed E-state index contributed by atoms with van der Waals surface area (Å²) in [6, 6.07) is 8.10. The summed E-state index contributed by atoms with van der Waals surface area (Å²) in [6.07, 6.45) is 0.311. The van der Waals surface area contributed by atoms with Crippen LogP contribution in [0.2, 0.25) is 0 Å². The highest BCUT2D eigenvalue weighted by molar-refractivity contribution is 8.01. The van der Waals surface area contributed by atoms with Crippen LogP contribution in [0.25, 0.3) is 0 Å². The summed E-state index contributed by atoms with van der Waals surface area (Å²) in [4.78, 5) is 26.1. The summed E-state index contributed by atoms with van der Waals surface area (Å²) in [5, 5.41) is 2.71. The van der Waals surface area contributed by atoms with Crippen LogP contribution in [-0.2, 0) is 14.3 Å². The Morgan fingerprint density at radius 3 is 2.83 bits per heavy atom. The summed E-state index contributed by atoms with van der Waals surface area (Å²) in [5.74, 6) is 0.0517. The van der Waals surface area contributed by atoms with Gasteiger partial charge in [-0.05, 0) is 25.0 Å². The van der Waals surface area contributed by atoms with Gasteiger partial charge >= 0.3 is 0 Å². The first-order valence-corrected chi connectivity index (χ1v) is 8.76. The lowest BCUT2D eigenvalue weighted by Gasteiger charge is -2.25. The number of rotatable bonds is 7. The van der Waals surface area contributed by atoms with Crippen LogP contribution in [0.4, 0.5) is 0 Å². The second-order valence-electron chi connectivity index (χ2n) is 5.61. The molecule has 1 N–H and O–H groups in total. The molecule has 2 atom stereocenters. The number of ether oxygens (including phenoxy) is 1. The molecule has 1 heterocycles. The van der Waals surface area contributed by atoms with E-state index in [9.17, 15) is 9.59 Å². The molecule has 0 radical (unpaired) electrons. The van der Waals surface area contributed by atoms with Gasteiger partial charge in [0.25, 0.3) is 0 Å². The second kappa shape index (κ2) is 8.36. The van der Waals surface area contributed by atoms with Crippen LogP contribution in [0.3, 0.4) is 0 Å². The quantitative estimate of drug-likeness (QED) is 0.775. The highest BCUT2D eigenvalue weighted by atomic mass is 32.2. The van der Waals surface area contributed by atoms with E-state index < -0.39 is 0 Å². The Morgan fingerprint density at radius 2 is 2.13 bits per heavy atom. The average molecular weight is 336 g/mol. The van der Waals surface area contributed by atoms with Gasteiger partial charge in [-0.3, -0.25) is 9.59 Å². The van der Waals surface area contributed by atoms with Crippen molar-refractivity contribution < 1.29 is 14.3 Å². The molecule has 1 aliphatic rings. The molecule has 0 saturated carbocycles. The zero-order chi connectivity index (χ0) is 16.8. The summed E-state index contributed by atoms with van der Waals surface area (Å²) < 4.78 is 4.91. The van der Waals surface area contributed by atoms with Crippen LogP contribution in [-0.4, -0.2) is 48.8 Å². The topological polar surface area (TPSA) is 58.6 Å². The number of nitrogens with one attached hydrogen (secondary N) is 1. The number of thioether (sulfide) groups is 1. The van der Waals surface area contributed by atoms with Crippen molar-refractivity contribution >= 4 is 23.6 Å². The molecule has 23 heavy (non-hydrogen) atoms. The minimum atomic E-state index is -0.0730. The highest BCUT2D eigenvalue weighted by Crippen LogP contribution is 2.43. The van der Waals surface area contributed by atoms with Gasteiger partial charge in [0.1, 0.15) is 5.37 Å². The van der Waals surface area contributed by atoms with E-state index in [1.54, 1.807) is 18.9 Å². The minimum absolute atomic E-state index is 0.00882. The molecule has 1 aromatic rings. The molecule has 0 unspecified atom stereocenters. The van der Waals surface area contributed by atoms with Gasteiger partial charge in [0.15, 0.2) is 0 Å². The fourth-order valence-corrected chi connectivity index (χ4v) is 4.02. The molecule has 5 nitrogen and oxygen atoms in total. The highest BCUT2D eigenvalue weighted by Gasteiger charge is 2.38. The van der Waals surface area contributed by atoms with E-state index in [1.807, 2.05) is 24.0 Å². The molecular weight excluding hydrogens is 312 g/mol. The largest absolute Gasteiger partial charge is 0.383 e. The summed E-state index contributed by atoms with van der Waals surface area (Å²) >= 11 is 1.65. The predicted octanol–water partition coefficient (Wildman–Crippen LogP) is 2.11. The average Bonchev–Trinajstić information content (AvgIpc) is 2.81. The monoisotopic (exact) mass is 336 g/mol. The van der Waals surface area contributed by atoms with Gasteiger partial charge in [-0.2, -0.15) is 0 Å². The smallest absolute Gasteiger partial charge is 0.236 e. The Bertz CT molecular complexity index is 565. The molecule has 2 amide bonds. The molecule has 1 aromatic carbocycles. The summed E-state index contributed by atoms with van der Waals surface area (Å²) in [7, 11) is 1.60. The minimum Gasteiger partial charge on any atom is -0.383 e. The maximum absolute atomic E-state index is 12.4. The Kier molecular flexibility index (Phi) is 6.47. The van der Waals surface area contributed by atoms with Crippen LogP contribution in [0.15, 0.2) is 24.3 Å². The lowest BCUT2D eigenvalue weighted by molar-refractivity contribution is -0.130. The zero-order valence-electron chi connectivity index (χ0n) is 13.9. The van der Waals surface area contributed by atoms with Crippen LogP contribution < -0.4 is 5.32 Å². The normalized spacial score (nSPS) is 20.8. The van der Waals surface area contributed by atoms with Crippen LogP contribution >= 0.6 is 11.8 Å². The standard InChI is InChI=1S/C17H24N2O3S/c1-12-6-4-5-7-14(12)17-19(16(21)13(2)23-17)10-8-15(20)18-9-11-22-3/h4-7,13,17H,8-11H2,1-3H3,(H,18,20)/t13-,17-/m0/s1. The van der Waals surface area contributed by atoms with E-state index in [4.69, 9.17) is 4.74 Å². The van der Waals surface area contributed by atoms with Crippen molar-refractivity contribution in [3.05, 3.63) is 35.4 Å². The molecule has 1 aliphatic heterocycles. The van der Waals surface area contributed by atoms with Crippen LogP contribution in [0.1, 0.15) is 29.8 Å². The van der Waals surface area contributed by atoms with Gasteiger partial charge in [0, 0.05) is 26.6 Å². The Morgan fingerprint density at radius 1 is 1.39 bits per heavy atom.